The zero-order valence-electron chi connectivity index (χ0n) is 9.84. The van der Waals surface area contributed by atoms with Crippen molar-refractivity contribution in [2.45, 2.75) is 0 Å². The van der Waals surface area contributed by atoms with Crippen LogP contribution in [0.25, 0.3) is 11.0 Å². The van der Waals surface area contributed by atoms with Gasteiger partial charge in [-0.3, -0.25) is 4.40 Å². The fraction of sp³-hybridized carbons (Fsp3) is 0.167. The normalized spacial score (nSPS) is 11.2. The molecule has 3 heterocycles. The number of carbonyl (C=O) groups is 1. The maximum Gasteiger partial charge on any atom is 0.359 e. The highest BCUT2D eigenvalue weighted by Gasteiger charge is 2.24. The summed E-state index contributed by atoms with van der Waals surface area (Å²) in [5.41, 5.74) is 1.16. The predicted octanol–water partition coefficient (Wildman–Crippen LogP) is 0.785. The molecule has 0 radical (unpaired) electrons. The molecule has 6 heteroatoms. The van der Waals surface area contributed by atoms with Crippen LogP contribution in [-0.4, -0.2) is 29.0 Å². The van der Waals surface area contributed by atoms with Gasteiger partial charge < -0.3 is 9.47 Å². The molecule has 0 aliphatic heterocycles. The summed E-state index contributed by atoms with van der Waals surface area (Å²) in [7, 11) is 2.71. The maximum atomic E-state index is 12.2. The summed E-state index contributed by atoms with van der Waals surface area (Å²) in [5, 5.41) is 0. The molecule has 0 unspecified atom stereocenters. The molecule has 3 aromatic rings. The number of imidazole rings is 1. The van der Waals surface area contributed by atoms with Gasteiger partial charge in [0.1, 0.15) is 0 Å². The van der Waals surface area contributed by atoms with Gasteiger partial charge in [-0.1, -0.05) is 0 Å². The molecule has 0 aliphatic carbocycles. The van der Waals surface area contributed by atoms with Gasteiger partial charge >= 0.3 is 11.7 Å². The third-order valence-corrected chi connectivity index (χ3v) is 2.97. The van der Waals surface area contributed by atoms with Crippen LogP contribution in [0, 0.1) is 0 Å². The van der Waals surface area contributed by atoms with E-state index < -0.39 is 5.97 Å². The zero-order valence-corrected chi connectivity index (χ0v) is 9.84. The second kappa shape index (κ2) is 3.49. The summed E-state index contributed by atoms with van der Waals surface area (Å²) in [6, 6.07) is 5.23. The highest BCUT2D eigenvalue weighted by Crippen LogP contribution is 2.26. The van der Waals surface area contributed by atoms with Gasteiger partial charge in [-0.25, -0.2) is 14.0 Å². The van der Waals surface area contributed by atoms with Crippen molar-refractivity contribution in [2.75, 3.05) is 14.2 Å². The van der Waals surface area contributed by atoms with Crippen LogP contribution in [0.3, 0.4) is 0 Å². The van der Waals surface area contributed by atoms with Crippen LogP contribution in [-0.2, 0) is 4.74 Å². The number of methoxy groups -OCH3 is 2. The first-order chi connectivity index (χ1) is 8.69. The van der Waals surface area contributed by atoms with E-state index in [9.17, 15) is 9.59 Å². The van der Waals surface area contributed by atoms with Gasteiger partial charge in [0.05, 0.1) is 25.3 Å². The Kier molecular flexibility index (Phi) is 2.07. The van der Waals surface area contributed by atoms with Crippen LogP contribution in [0.4, 0.5) is 0 Å². The zero-order chi connectivity index (χ0) is 12.9. The topological polar surface area (TPSA) is 61.4 Å². The molecule has 0 saturated carbocycles. The van der Waals surface area contributed by atoms with Crippen LogP contribution < -0.4 is 10.4 Å². The fourth-order valence-corrected chi connectivity index (χ4v) is 2.18. The molecule has 0 amide bonds. The van der Waals surface area contributed by atoms with Crippen molar-refractivity contribution in [3.8, 4) is 5.75 Å². The summed E-state index contributed by atoms with van der Waals surface area (Å²) in [4.78, 5) is 23.9. The standard InChI is InChI=1S/C12H10N2O4/c1-17-9-6-8-7-4-3-5-13(7)12(16)14(8)10(9)11(15)18-2/h3-6H,1-2H3. The molecular formula is C12H10N2O4. The minimum atomic E-state index is -0.600. The van der Waals surface area contributed by atoms with Crippen molar-refractivity contribution in [1.29, 1.82) is 0 Å². The van der Waals surface area contributed by atoms with Gasteiger partial charge in [-0.2, -0.15) is 0 Å². The van der Waals surface area contributed by atoms with Crippen LogP contribution in [0.15, 0.2) is 29.2 Å². The van der Waals surface area contributed by atoms with Crippen LogP contribution >= 0.6 is 0 Å². The Morgan fingerprint density at radius 3 is 2.72 bits per heavy atom. The van der Waals surface area contributed by atoms with Gasteiger partial charge in [0, 0.05) is 12.3 Å². The first-order valence-corrected chi connectivity index (χ1v) is 5.29. The average molecular weight is 246 g/mol. The van der Waals surface area contributed by atoms with E-state index >= 15 is 0 Å². The Morgan fingerprint density at radius 1 is 1.28 bits per heavy atom. The van der Waals surface area contributed by atoms with Gasteiger partial charge in [-0.15, -0.1) is 0 Å². The van der Waals surface area contributed by atoms with Gasteiger partial charge in [0.25, 0.3) is 0 Å². The van der Waals surface area contributed by atoms with Crippen LogP contribution in [0.1, 0.15) is 10.5 Å². The third kappa shape index (κ3) is 1.11. The minimum Gasteiger partial charge on any atom is -0.494 e. The first-order valence-electron chi connectivity index (χ1n) is 5.29. The number of fused-ring (bicyclic) bond motifs is 3. The van der Waals surface area contributed by atoms with Crippen molar-refractivity contribution in [3.05, 3.63) is 40.6 Å². The molecule has 0 fully saturated rings. The van der Waals surface area contributed by atoms with Gasteiger partial charge in [-0.05, 0) is 12.1 Å². The predicted molar refractivity (Wildman–Crippen MR) is 63.7 cm³/mol. The number of esters is 1. The smallest absolute Gasteiger partial charge is 0.359 e. The summed E-state index contributed by atoms with van der Waals surface area (Å²) in [6.45, 7) is 0. The molecule has 3 rings (SSSR count). The van der Waals surface area contributed by atoms with Crippen molar-refractivity contribution in [3.63, 3.8) is 0 Å². The molecule has 18 heavy (non-hydrogen) atoms. The highest BCUT2D eigenvalue weighted by molar-refractivity contribution is 5.95. The van der Waals surface area contributed by atoms with E-state index in [-0.39, 0.29) is 11.4 Å². The molecule has 0 aromatic carbocycles. The first kappa shape index (κ1) is 10.6. The van der Waals surface area contributed by atoms with E-state index in [0.717, 1.165) is 5.52 Å². The van der Waals surface area contributed by atoms with E-state index in [0.29, 0.717) is 11.3 Å². The van der Waals surface area contributed by atoms with E-state index in [2.05, 4.69) is 4.74 Å². The molecule has 6 nitrogen and oxygen atoms in total. The Hall–Kier alpha value is -2.50. The lowest BCUT2D eigenvalue weighted by molar-refractivity contribution is 0.0588. The molecule has 0 aliphatic rings. The SMILES string of the molecule is COC(=O)c1c(OC)cc2c3cccn3c(=O)n12. The Bertz CT molecular complexity index is 799. The molecule has 0 spiro atoms. The number of aromatic nitrogens is 2. The number of hydrogen-bond acceptors (Lipinski definition) is 4. The second-order valence-corrected chi connectivity index (χ2v) is 3.82. The van der Waals surface area contributed by atoms with Crippen LogP contribution in [0.5, 0.6) is 5.75 Å². The average Bonchev–Trinajstić information content (AvgIpc) is 3.03. The minimum absolute atomic E-state index is 0.115. The third-order valence-electron chi connectivity index (χ3n) is 2.97. The van der Waals surface area contributed by atoms with E-state index in [1.54, 1.807) is 24.4 Å². The fourth-order valence-electron chi connectivity index (χ4n) is 2.18. The largest absolute Gasteiger partial charge is 0.494 e. The van der Waals surface area contributed by atoms with Gasteiger partial charge in [0.2, 0.25) is 0 Å². The quantitative estimate of drug-likeness (QED) is 0.627. The molecule has 0 N–H and O–H groups in total. The molecular weight excluding hydrogens is 236 g/mol. The van der Waals surface area contributed by atoms with Crippen molar-refractivity contribution >= 4 is 17.0 Å². The van der Waals surface area contributed by atoms with Crippen LogP contribution in [0.2, 0.25) is 0 Å². The summed E-state index contributed by atoms with van der Waals surface area (Å²) in [5.74, 6) is -0.269. The van der Waals surface area contributed by atoms with Gasteiger partial charge in [0.15, 0.2) is 11.4 Å². The highest BCUT2D eigenvalue weighted by atomic mass is 16.5. The number of ether oxygens (including phenoxy) is 2. The van der Waals surface area contributed by atoms with Crippen molar-refractivity contribution in [1.82, 2.24) is 8.80 Å². The lowest BCUT2D eigenvalue weighted by Gasteiger charge is -2.01. The second-order valence-electron chi connectivity index (χ2n) is 3.82. The molecule has 0 saturated heterocycles. The van der Waals surface area contributed by atoms with E-state index in [1.165, 1.54) is 23.0 Å². The van der Waals surface area contributed by atoms with E-state index in [1.807, 2.05) is 0 Å². The number of rotatable bonds is 2. The Labute approximate surface area is 101 Å². The number of carbonyl (C=O) groups excluding carboxylic acids is 1. The molecule has 3 aromatic heterocycles. The molecule has 0 bridgehead atoms. The number of hydrogen-bond donors (Lipinski definition) is 0. The summed E-state index contributed by atoms with van der Waals surface area (Å²) >= 11 is 0. The molecule has 92 valence electrons. The summed E-state index contributed by atoms with van der Waals surface area (Å²) < 4.78 is 12.6. The number of nitrogens with zero attached hydrogens (tertiary/aromatic N) is 2. The molecule has 0 atom stereocenters. The Morgan fingerprint density at radius 2 is 2.06 bits per heavy atom. The maximum absolute atomic E-state index is 12.2. The van der Waals surface area contributed by atoms with E-state index in [4.69, 9.17) is 4.74 Å². The lowest BCUT2D eigenvalue weighted by Crippen LogP contribution is -2.19. The Balaban J connectivity index is 2.51. The monoisotopic (exact) mass is 246 g/mol. The van der Waals surface area contributed by atoms with Crippen molar-refractivity contribution in [2.24, 2.45) is 0 Å². The lowest BCUT2D eigenvalue weighted by atomic mass is 10.4. The summed E-state index contributed by atoms with van der Waals surface area (Å²) in [6.07, 6.45) is 1.65. The van der Waals surface area contributed by atoms with Crippen molar-refractivity contribution < 1.29 is 14.3 Å².